The average molecular weight is 440 g/mol. The van der Waals surface area contributed by atoms with Gasteiger partial charge in [-0.15, -0.1) is 11.6 Å². The summed E-state index contributed by atoms with van der Waals surface area (Å²) in [5.74, 6) is 0.0333. The molecule has 6 heteroatoms. The monoisotopic (exact) mass is 439 g/mol. The molecule has 1 saturated heterocycles. The predicted octanol–water partition coefficient (Wildman–Crippen LogP) is 6.07. The molecule has 29 heavy (non-hydrogen) atoms. The minimum absolute atomic E-state index is 0.0258. The molecular formula is C23H35ClFNO2Si. The highest BCUT2D eigenvalue weighted by atomic mass is 35.5. The first kappa shape index (κ1) is 22.8. The van der Waals surface area contributed by atoms with Crippen LogP contribution in [0.15, 0.2) is 30.3 Å². The van der Waals surface area contributed by atoms with Gasteiger partial charge in [0.1, 0.15) is 5.67 Å². The van der Waals surface area contributed by atoms with Crippen molar-refractivity contribution in [2.75, 3.05) is 5.88 Å². The summed E-state index contributed by atoms with van der Waals surface area (Å²) in [5, 5.41) is 0.0258. The number of rotatable bonds is 5. The minimum Gasteiger partial charge on any atom is -0.411 e. The first-order chi connectivity index (χ1) is 13.4. The van der Waals surface area contributed by atoms with E-state index in [2.05, 4.69) is 33.9 Å². The number of hydrogen-bond donors (Lipinski definition) is 0. The third-order valence-electron chi connectivity index (χ3n) is 7.32. The van der Waals surface area contributed by atoms with E-state index in [1.807, 2.05) is 35.2 Å². The molecule has 1 aliphatic carbocycles. The third-order valence-corrected chi connectivity index (χ3v) is 12.3. The normalized spacial score (nSPS) is 30.9. The van der Waals surface area contributed by atoms with Crippen LogP contribution < -0.4 is 0 Å². The highest BCUT2D eigenvalue weighted by Gasteiger charge is 2.60. The van der Waals surface area contributed by atoms with Crippen LogP contribution >= 0.6 is 11.6 Å². The van der Waals surface area contributed by atoms with Crippen LogP contribution in [0.2, 0.25) is 18.1 Å². The van der Waals surface area contributed by atoms with Crippen LogP contribution in [0.25, 0.3) is 0 Å². The van der Waals surface area contributed by atoms with E-state index in [1.165, 1.54) is 0 Å². The Hall–Kier alpha value is -0.913. The summed E-state index contributed by atoms with van der Waals surface area (Å²) in [5.41, 5.74) is -1.01. The summed E-state index contributed by atoms with van der Waals surface area (Å²) >= 11 is 6.07. The molecule has 162 valence electrons. The van der Waals surface area contributed by atoms with Crippen molar-refractivity contribution < 1.29 is 13.6 Å². The Morgan fingerprint density at radius 3 is 2.48 bits per heavy atom. The van der Waals surface area contributed by atoms with Gasteiger partial charge in [-0.3, -0.25) is 4.79 Å². The molecule has 0 aromatic heterocycles. The summed E-state index contributed by atoms with van der Waals surface area (Å²) < 4.78 is 22.4. The van der Waals surface area contributed by atoms with Crippen molar-refractivity contribution in [1.29, 1.82) is 0 Å². The third kappa shape index (κ3) is 4.42. The Labute approximate surface area is 181 Å². The fourth-order valence-corrected chi connectivity index (χ4v) is 6.23. The smallest absolute Gasteiger partial charge is 0.226 e. The van der Waals surface area contributed by atoms with Crippen LogP contribution in [-0.4, -0.2) is 42.3 Å². The van der Waals surface area contributed by atoms with Gasteiger partial charge in [-0.25, -0.2) is 4.39 Å². The molecule has 1 heterocycles. The second-order valence-electron chi connectivity index (χ2n) is 10.5. The number of benzene rings is 1. The SMILES string of the molecule is CC(C)(C)[Si](C)(C)O[C@H]1CC(=O)N(Cc2ccccc2)[C@@]12CCC[C@](F)(CCl)C2. The average Bonchev–Trinajstić information content (AvgIpc) is 2.86. The van der Waals surface area contributed by atoms with Crippen LogP contribution in [0.1, 0.15) is 58.4 Å². The molecule has 0 unspecified atom stereocenters. The topological polar surface area (TPSA) is 29.5 Å². The van der Waals surface area contributed by atoms with Gasteiger partial charge in [-0.05, 0) is 43.0 Å². The molecule has 1 aromatic rings. The summed E-state index contributed by atoms with van der Waals surface area (Å²) in [4.78, 5) is 15.1. The van der Waals surface area contributed by atoms with Crippen molar-refractivity contribution in [2.45, 2.75) is 94.9 Å². The molecule has 2 fully saturated rings. The van der Waals surface area contributed by atoms with Crippen LogP contribution in [0.3, 0.4) is 0 Å². The van der Waals surface area contributed by atoms with E-state index < -0.39 is 19.5 Å². The fourth-order valence-electron chi connectivity index (χ4n) is 4.63. The molecule has 0 radical (unpaired) electrons. The quantitative estimate of drug-likeness (QED) is 0.411. The Balaban J connectivity index is 1.99. The number of carbonyl (C=O) groups is 1. The molecule has 3 nitrogen and oxygen atoms in total. The molecule has 0 bridgehead atoms. The summed E-state index contributed by atoms with van der Waals surface area (Å²) in [7, 11) is -2.12. The summed E-state index contributed by atoms with van der Waals surface area (Å²) in [6.07, 6.45) is 2.27. The maximum atomic E-state index is 15.6. The number of amides is 1. The lowest BCUT2D eigenvalue weighted by molar-refractivity contribution is -0.135. The van der Waals surface area contributed by atoms with Gasteiger partial charge in [0.05, 0.1) is 23.9 Å². The molecule has 3 atom stereocenters. The Kier molecular flexibility index (Phi) is 6.26. The number of halogens is 2. The second-order valence-corrected chi connectivity index (χ2v) is 15.5. The van der Waals surface area contributed by atoms with Gasteiger partial charge in [0, 0.05) is 13.0 Å². The van der Waals surface area contributed by atoms with E-state index in [-0.39, 0.29) is 29.4 Å². The number of carbonyl (C=O) groups excluding carboxylic acids is 1. The number of hydrogen-bond acceptors (Lipinski definition) is 2. The van der Waals surface area contributed by atoms with E-state index in [9.17, 15) is 4.79 Å². The van der Waals surface area contributed by atoms with E-state index >= 15 is 4.39 Å². The van der Waals surface area contributed by atoms with Crippen LogP contribution in [0, 0.1) is 0 Å². The lowest BCUT2D eigenvalue weighted by Gasteiger charge is -2.51. The van der Waals surface area contributed by atoms with Crippen molar-refractivity contribution >= 4 is 25.8 Å². The minimum atomic E-state index is -2.12. The molecule has 1 amide bonds. The van der Waals surface area contributed by atoms with Crippen molar-refractivity contribution in [3.63, 3.8) is 0 Å². The molecule has 1 aromatic carbocycles. The van der Waals surface area contributed by atoms with E-state index in [0.29, 0.717) is 19.4 Å². The van der Waals surface area contributed by atoms with Crippen molar-refractivity contribution in [2.24, 2.45) is 0 Å². The second kappa shape index (κ2) is 7.97. The van der Waals surface area contributed by atoms with E-state index in [1.54, 1.807) is 0 Å². The van der Waals surface area contributed by atoms with Gasteiger partial charge < -0.3 is 9.33 Å². The van der Waals surface area contributed by atoms with Crippen LogP contribution in [-0.2, 0) is 15.8 Å². The van der Waals surface area contributed by atoms with Gasteiger partial charge in [0.2, 0.25) is 5.91 Å². The highest BCUT2D eigenvalue weighted by molar-refractivity contribution is 6.74. The molecule has 1 spiro atoms. The van der Waals surface area contributed by atoms with E-state index in [4.69, 9.17) is 16.0 Å². The Morgan fingerprint density at radius 2 is 1.90 bits per heavy atom. The van der Waals surface area contributed by atoms with Gasteiger partial charge in [0.25, 0.3) is 0 Å². The zero-order valence-corrected chi connectivity index (χ0v) is 20.2. The molecule has 3 rings (SSSR count). The lowest BCUT2D eigenvalue weighted by Crippen LogP contribution is -2.60. The van der Waals surface area contributed by atoms with Gasteiger partial charge in [0.15, 0.2) is 8.32 Å². The molecule has 0 N–H and O–H groups in total. The van der Waals surface area contributed by atoms with Gasteiger partial charge >= 0.3 is 0 Å². The maximum absolute atomic E-state index is 15.6. The largest absolute Gasteiger partial charge is 0.411 e. The predicted molar refractivity (Wildman–Crippen MR) is 119 cm³/mol. The molecule has 1 aliphatic heterocycles. The molecule has 2 aliphatic rings. The number of alkyl halides is 2. The number of nitrogens with zero attached hydrogens (tertiary/aromatic N) is 1. The van der Waals surface area contributed by atoms with Crippen molar-refractivity contribution in [1.82, 2.24) is 4.90 Å². The highest BCUT2D eigenvalue weighted by Crippen LogP contribution is 2.51. The fraction of sp³-hybridized carbons (Fsp3) is 0.696. The lowest BCUT2D eigenvalue weighted by atomic mass is 9.72. The Morgan fingerprint density at radius 1 is 1.24 bits per heavy atom. The molecule has 1 saturated carbocycles. The van der Waals surface area contributed by atoms with Crippen LogP contribution in [0.4, 0.5) is 4.39 Å². The number of likely N-dealkylation sites (tertiary alicyclic amines) is 1. The zero-order chi connectivity index (χ0) is 21.5. The first-order valence-corrected chi connectivity index (χ1v) is 14.1. The van der Waals surface area contributed by atoms with Crippen molar-refractivity contribution in [3.8, 4) is 0 Å². The molecular weight excluding hydrogens is 405 g/mol. The first-order valence-electron chi connectivity index (χ1n) is 10.7. The van der Waals surface area contributed by atoms with Gasteiger partial charge in [-0.2, -0.15) is 0 Å². The maximum Gasteiger partial charge on any atom is 0.226 e. The van der Waals surface area contributed by atoms with Crippen LogP contribution in [0.5, 0.6) is 0 Å². The van der Waals surface area contributed by atoms with E-state index in [0.717, 1.165) is 18.4 Å². The standard InChI is InChI=1S/C23H35ClFNO2Si/c1-21(2,3)29(4,5)28-19-14-20(27)26(15-18-10-7-6-8-11-18)23(19)13-9-12-22(25,16-23)17-24/h6-8,10-11,19H,9,12-17H2,1-5H3/t19-,22+,23+/m0/s1. The summed E-state index contributed by atoms with van der Waals surface area (Å²) in [6, 6.07) is 9.97. The summed E-state index contributed by atoms with van der Waals surface area (Å²) in [6.45, 7) is 11.5. The Bertz CT molecular complexity index is 738. The zero-order valence-electron chi connectivity index (χ0n) is 18.4. The van der Waals surface area contributed by atoms with Crippen molar-refractivity contribution in [3.05, 3.63) is 35.9 Å². The van der Waals surface area contributed by atoms with Gasteiger partial charge in [-0.1, -0.05) is 51.1 Å².